The fraction of sp³-hybridized carbons (Fsp3) is 0.174. The lowest BCUT2D eigenvalue weighted by Crippen LogP contribution is -2.19. The number of nitro benzene ring substituents is 2. The summed E-state index contributed by atoms with van der Waals surface area (Å²) in [7, 11) is 0. The van der Waals surface area contributed by atoms with Crippen molar-refractivity contribution in [2.45, 2.75) is 12.8 Å². The van der Waals surface area contributed by atoms with Crippen LogP contribution in [0.15, 0.2) is 65.8 Å². The standard InChI is InChI=1S/C23H21N5O6/c29-17-7-3-15(4-8-17)23(16-5-9-18(30)10-6-16)25-24-19-13-21(26-11-1-2-12-26)22(28(33)34)14-20(19)27(31)32/h3-10,13-14,24,29-30H,1-2,11-12H2. The number of phenolic OH excluding ortho intramolecular Hbond substituents is 2. The molecular formula is C23H21N5O6. The first-order chi connectivity index (χ1) is 16.3. The number of rotatable bonds is 7. The van der Waals surface area contributed by atoms with Crippen LogP contribution >= 0.6 is 0 Å². The Morgan fingerprint density at radius 3 is 1.79 bits per heavy atom. The van der Waals surface area contributed by atoms with Crippen LogP contribution in [-0.4, -0.2) is 38.9 Å². The molecule has 0 aromatic heterocycles. The smallest absolute Gasteiger partial charge is 0.301 e. The molecule has 11 heteroatoms. The summed E-state index contributed by atoms with van der Waals surface area (Å²) in [6, 6.07) is 14.8. The maximum Gasteiger partial charge on any atom is 0.301 e. The summed E-state index contributed by atoms with van der Waals surface area (Å²) >= 11 is 0. The number of nitrogens with one attached hydrogen (secondary N) is 1. The third kappa shape index (κ3) is 4.72. The summed E-state index contributed by atoms with van der Waals surface area (Å²) in [5.41, 5.74) is 3.79. The van der Waals surface area contributed by atoms with Gasteiger partial charge in [0.25, 0.3) is 5.69 Å². The van der Waals surface area contributed by atoms with Crippen LogP contribution in [0.4, 0.5) is 22.7 Å². The molecule has 0 aliphatic carbocycles. The zero-order chi connectivity index (χ0) is 24.2. The highest BCUT2D eigenvalue weighted by Crippen LogP contribution is 2.39. The lowest BCUT2D eigenvalue weighted by molar-refractivity contribution is -0.393. The van der Waals surface area contributed by atoms with Crippen LogP contribution in [0.25, 0.3) is 0 Å². The van der Waals surface area contributed by atoms with Crippen molar-refractivity contribution in [2.75, 3.05) is 23.4 Å². The van der Waals surface area contributed by atoms with Crippen molar-refractivity contribution >= 4 is 28.5 Å². The Hall–Kier alpha value is -4.67. The molecular weight excluding hydrogens is 442 g/mol. The molecule has 1 saturated heterocycles. The average molecular weight is 463 g/mol. The van der Waals surface area contributed by atoms with Crippen LogP contribution < -0.4 is 10.3 Å². The zero-order valence-corrected chi connectivity index (χ0v) is 17.9. The SMILES string of the molecule is O=[N+]([O-])c1cc([N+](=O)[O-])c(N2CCCC2)cc1NN=C(c1ccc(O)cc1)c1ccc(O)cc1. The molecule has 4 rings (SSSR count). The summed E-state index contributed by atoms with van der Waals surface area (Å²) in [5.74, 6) is 0.117. The van der Waals surface area contributed by atoms with Crippen LogP contribution in [0.2, 0.25) is 0 Å². The number of hydrazone groups is 1. The Morgan fingerprint density at radius 1 is 0.824 bits per heavy atom. The molecule has 0 saturated carbocycles. The molecule has 174 valence electrons. The second kappa shape index (κ2) is 9.45. The molecule has 0 unspecified atom stereocenters. The van der Waals surface area contributed by atoms with Crippen molar-refractivity contribution in [3.05, 3.63) is 92.0 Å². The Kier molecular flexibility index (Phi) is 6.26. The quantitative estimate of drug-likeness (QED) is 0.265. The minimum atomic E-state index is -0.695. The lowest BCUT2D eigenvalue weighted by Gasteiger charge is -2.18. The Labute approximate surface area is 193 Å². The van der Waals surface area contributed by atoms with Gasteiger partial charge in [-0.05, 0) is 61.4 Å². The minimum absolute atomic E-state index is 0.00700. The number of anilines is 2. The highest BCUT2D eigenvalue weighted by atomic mass is 16.6. The predicted octanol–water partition coefficient (Wildman–Crippen LogP) is 4.38. The highest BCUT2D eigenvalue weighted by molar-refractivity contribution is 6.13. The first-order valence-corrected chi connectivity index (χ1v) is 10.5. The maximum atomic E-state index is 11.7. The van der Waals surface area contributed by atoms with Gasteiger partial charge >= 0.3 is 5.69 Å². The number of hydrogen-bond donors (Lipinski definition) is 3. The van der Waals surface area contributed by atoms with E-state index in [0.717, 1.165) is 18.9 Å². The van der Waals surface area contributed by atoms with E-state index in [1.54, 1.807) is 24.3 Å². The molecule has 3 N–H and O–H groups in total. The number of aromatic hydroxyl groups is 2. The van der Waals surface area contributed by atoms with E-state index in [-0.39, 0.29) is 22.9 Å². The molecule has 1 aliphatic heterocycles. The molecule has 0 spiro atoms. The minimum Gasteiger partial charge on any atom is -0.508 e. The molecule has 1 aliphatic rings. The Bertz CT molecular complexity index is 1200. The van der Waals surface area contributed by atoms with Gasteiger partial charge in [-0.2, -0.15) is 5.10 Å². The normalized spacial score (nSPS) is 12.9. The maximum absolute atomic E-state index is 11.7. The highest BCUT2D eigenvalue weighted by Gasteiger charge is 2.29. The molecule has 1 heterocycles. The van der Waals surface area contributed by atoms with E-state index in [4.69, 9.17) is 0 Å². The second-order valence-corrected chi connectivity index (χ2v) is 7.73. The van der Waals surface area contributed by atoms with Crippen molar-refractivity contribution < 1.29 is 20.1 Å². The van der Waals surface area contributed by atoms with E-state index in [1.807, 2.05) is 4.90 Å². The van der Waals surface area contributed by atoms with Crippen molar-refractivity contribution in [3.8, 4) is 11.5 Å². The van der Waals surface area contributed by atoms with Gasteiger partial charge < -0.3 is 15.1 Å². The number of nitro groups is 2. The molecule has 34 heavy (non-hydrogen) atoms. The number of nitrogens with zero attached hydrogens (tertiary/aromatic N) is 4. The first-order valence-electron chi connectivity index (χ1n) is 10.5. The predicted molar refractivity (Wildman–Crippen MR) is 127 cm³/mol. The fourth-order valence-electron chi connectivity index (χ4n) is 3.81. The van der Waals surface area contributed by atoms with Crippen molar-refractivity contribution in [2.24, 2.45) is 5.10 Å². The van der Waals surface area contributed by atoms with E-state index in [9.17, 15) is 30.4 Å². The number of hydrogen-bond acceptors (Lipinski definition) is 9. The van der Waals surface area contributed by atoms with Gasteiger partial charge in [-0.15, -0.1) is 0 Å². The van der Waals surface area contributed by atoms with E-state index >= 15 is 0 Å². The van der Waals surface area contributed by atoms with E-state index < -0.39 is 15.5 Å². The summed E-state index contributed by atoms with van der Waals surface area (Å²) in [4.78, 5) is 23.9. The second-order valence-electron chi connectivity index (χ2n) is 7.73. The topological polar surface area (TPSA) is 154 Å². The summed E-state index contributed by atoms with van der Waals surface area (Å²) in [6.45, 7) is 1.24. The van der Waals surface area contributed by atoms with Crippen LogP contribution in [0.3, 0.4) is 0 Å². The zero-order valence-electron chi connectivity index (χ0n) is 17.9. The van der Waals surface area contributed by atoms with Gasteiger partial charge in [0.2, 0.25) is 0 Å². The monoisotopic (exact) mass is 463 g/mol. The van der Waals surface area contributed by atoms with Crippen LogP contribution in [-0.2, 0) is 0 Å². The summed E-state index contributed by atoms with van der Waals surface area (Å²) in [5, 5.41) is 47.0. The molecule has 0 atom stereocenters. The molecule has 0 radical (unpaired) electrons. The van der Waals surface area contributed by atoms with Gasteiger partial charge in [-0.25, -0.2) is 0 Å². The summed E-state index contributed by atoms with van der Waals surface area (Å²) in [6.07, 6.45) is 1.75. The average Bonchev–Trinajstić information content (AvgIpc) is 3.35. The third-order valence-corrected chi connectivity index (χ3v) is 5.50. The molecule has 3 aromatic carbocycles. The van der Waals surface area contributed by atoms with Crippen LogP contribution in [0, 0.1) is 20.2 Å². The van der Waals surface area contributed by atoms with Gasteiger partial charge in [0.05, 0.1) is 21.6 Å². The Morgan fingerprint density at radius 2 is 1.32 bits per heavy atom. The molecule has 0 bridgehead atoms. The number of phenols is 2. The molecule has 0 amide bonds. The fourth-order valence-corrected chi connectivity index (χ4v) is 3.81. The Balaban J connectivity index is 1.81. The van der Waals surface area contributed by atoms with Gasteiger partial charge in [0.1, 0.15) is 22.9 Å². The first kappa shape index (κ1) is 22.5. The van der Waals surface area contributed by atoms with Crippen LogP contribution in [0.1, 0.15) is 24.0 Å². The van der Waals surface area contributed by atoms with Gasteiger partial charge in [-0.3, -0.25) is 25.7 Å². The van der Waals surface area contributed by atoms with Crippen molar-refractivity contribution in [1.82, 2.24) is 0 Å². The number of benzene rings is 3. The third-order valence-electron chi connectivity index (χ3n) is 5.50. The van der Waals surface area contributed by atoms with Crippen LogP contribution in [0.5, 0.6) is 11.5 Å². The van der Waals surface area contributed by atoms with Gasteiger partial charge in [0.15, 0.2) is 0 Å². The van der Waals surface area contributed by atoms with Gasteiger partial charge in [-0.1, -0.05) is 0 Å². The molecule has 1 fully saturated rings. The van der Waals surface area contributed by atoms with E-state index in [1.165, 1.54) is 30.3 Å². The molecule has 3 aromatic rings. The molecule has 11 nitrogen and oxygen atoms in total. The van der Waals surface area contributed by atoms with E-state index in [0.29, 0.717) is 35.6 Å². The largest absolute Gasteiger partial charge is 0.508 e. The van der Waals surface area contributed by atoms with Crippen molar-refractivity contribution in [3.63, 3.8) is 0 Å². The summed E-state index contributed by atoms with van der Waals surface area (Å²) < 4.78 is 0. The van der Waals surface area contributed by atoms with E-state index in [2.05, 4.69) is 10.5 Å². The lowest BCUT2D eigenvalue weighted by atomic mass is 10.0. The van der Waals surface area contributed by atoms with Gasteiger partial charge in [0, 0.05) is 30.3 Å². The van der Waals surface area contributed by atoms with Crippen molar-refractivity contribution in [1.29, 1.82) is 0 Å².